The predicted octanol–water partition coefficient (Wildman–Crippen LogP) is 1.87. The van der Waals surface area contributed by atoms with Gasteiger partial charge in [-0.2, -0.15) is 5.26 Å². The number of nitro benzene ring substituents is 1. The van der Waals surface area contributed by atoms with E-state index in [1.54, 1.807) is 13.0 Å². The van der Waals surface area contributed by atoms with E-state index in [1.807, 2.05) is 6.92 Å². The minimum absolute atomic E-state index is 0.00447. The quantitative estimate of drug-likeness (QED) is 0.604. The summed E-state index contributed by atoms with van der Waals surface area (Å²) in [5, 5.41) is 23.1. The van der Waals surface area contributed by atoms with Gasteiger partial charge in [0, 0.05) is 0 Å². The van der Waals surface area contributed by atoms with Crippen molar-refractivity contribution in [2.24, 2.45) is 0 Å². The fourth-order valence-electron chi connectivity index (χ4n) is 1.62. The number of methoxy groups -OCH3 is 1. The van der Waals surface area contributed by atoms with Gasteiger partial charge in [0.25, 0.3) is 0 Å². The van der Waals surface area contributed by atoms with E-state index >= 15 is 0 Å². The molecule has 0 saturated carbocycles. The summed E-state index contributed by atoms with van der Waals surface area (Å²) in [5.41, 5.74) is -1.09. The molecule has 0 aliphatic rings. The Hall–Kier alpha value is -2.33. The summed E-state index contributed by atoms with van der Waals surface area (Å²) in [4.78, 5) is 10.5. The van der Waals surface area contributed by atoms with Crippen LogP contribution in [0, 0.1) is 21.4 Å². The van der Waals surface area contributed by atoms with Crippen molar-refractivity contribution in [3.63, 3.8) is 0 Å². The van der Waals surface area contributed by atoms with E-state index < -0.39 is 10.5 Å². The molecule has 0 heterocycles. The minimum Gasteiger partial charge on any atom is -0.496 e. The molecule has 1 rings (SSSR count). The molecule has 0 aromatic heterocycles. The average Bonchev–Trinajstić information content (AvgIpc) is 2.45. The Morgan fingerprint density at radius 2 is 2.25 bits per heavy atom. The highest BCUT2D eigenvalue weighted by molar-refractivity contribution is 5.51. The van der Waals surface area contributed by atoms with E-state index in [-0.39, 0.29) is 18.0 Å². The Bertz CT molecular complexity index is 527. The van der Waals surface area contributed by atoms with E-state index in [4.69, 9.17) is 14.7 Å². The van der Waals surface area contributed by atoms with Crippen molar-refractivity contribution in [2.45, 2.75) is 19.4 Å². The predicted molar refractivity (Wildman–Crippen MR) is 72.8 cm³/mol. The highest BCUT2D eigenvalue weighted by Gasteiger charge is 2.25. The number of nitrogens with zero attached hydrogens (tertiary/aromatic N) is 2. The summed E-state index contributed by atoms with van der Waals surface area (Å²) in [6, 6.07) is 6.40. The van der Waals surface area contributed by atoms with Crippen molar-refractivity contribution in [3.05, 3.63) is 28.3 Å². The van der Waals surface area contributed by atoms with Crippen LogP contribution in [0.25, 0.3) is 0 Å². The van der Waals surface area contributed by atoms with Crippen LogP contribution in [-0.4, -0.2) is 30.7 Å². The Morgan fingerprint density at radius 1 is 1.55 bits per heavy atom. The first-order chi connectivity index (χ1) is 9.45. The minimum atomic E-state index is -0.900. The lowest BCUT2D eigenvalue weighted by atomic mass is 10.1. The second kappa shape index (κ2) is 6.73. The number of nitro groups is 1. The van der Waals surface area contributed by atoms with Crippen LogP contribution in [0.5, 0.6) is 11.5 Å². The lowest BCUT2D eigenvalue weighted by Crippen LogP contribution is -2.46. The number of likely N-dealkylation sites (N-methyl/N-ethyl adjacent to an activating group) is 1. The number of rotatable bonds is 7. The molecule has 7 heteroatoms. The van der Waals surface area contributed by atoms with Gasteiger partial charge in [0.05, 0.1) is 24.2 Å². The van der Waals surface area contributed by atoms with E-state index in [0.29, 0.717) is 12.3 Å². The second-order valence-corrected chi connectivity index (χ2v) is 4.35. The third-order valence-corrected chi connectivity index (χ3v) is 2.69. The number of hydrogen-bond donors (Lipinski definition) is 1. The van der Waals surface area contributed by atoms with Crippen LogP contribution in [0.3, 0.4) is 0 Å². The molecule has 108 valence electrons. The summed E-state index contributed by atoms with van der Waals surface area (Å²) in [7, 11) is 1.43. The lowest BCUT2D eigenvalue weighted by Gasteiger charge is -2.22. The molecular formula is C13H17N3O4. The van der Waals surface area contributed by atoms with Crippen LogP contribution in [0.15, 0.2) is 18.2 Å². The topological polar surface area (TPSA) is 97.4 Å². The number of nitrogens with one attached hydrogen (secondary N) is 1. The maximum absolute atomic E-state index is 11.0. The van der Waals surface area contributed by atoms with Gasteiger partial charge in [0.15, 0.2) is 5.75 Å². The zero-order valence-electron chi connectivity index (χ0n) is 11.7. The molecule has 0 aliphatic carbocycles. The van der Waals surface area contributed by atoms with Crippen molar-refractivity contribution in [3.8, 4) is 17.6 Å². The SMILES string of the molecule is CCNC(C)(C#N)COc1ccc(OC)cc1[N+](=O)[O-]. The highest BCUT2D eigenvalue weighted by Crippen LogP contribution is 2.31. The fourth-order valence-corrected chi connectivity index (χ4v) is 1.62. The van der Waals surface area contributed by atoms with E-state index in [0.717, 1.165) is 0 Å². The van der Waals surface area contributed by atoms with Gasteiger partial charge >= 0.3 is 5.69 Å². The summed E-state index contributed by atoms with van der Waals surface area (Å²) in [5.74, 6) is 0.481. The van der Waals surface area contributed by atoms with Crippen LogP contribution in [-0.2, 0) is 0 Å². The monoisotopic (exact) mass is 279 g/mol. The Morgan fingerprint density at radius 3 is 2.75 bits per heavy atom. The molecule has 1 N–H and O–H groups in total. The molecular weight excluding hydrogens is 262 g/mol. The van der Waals surface area contributed by atoms with Gasteiger partial charge in [-0.3, -0.25) is 15.4 Å². The van der Waals surface area contributed by atoms with E-state index in [9.17, 15) is 10.1 Å². The summed E-state index contributed by atoms with van der Waals surface area (Å²) in [6.45, 7) is 4.14. The van der Waals surface area contributed by atoms with Gasteiger partial charge < -0.3 is 9.47 Å². The zero-order chi connectivity index (χ0) is 15.2. The summed E-state index contributed by atoms with van der Waals surface area (Å²) >= 11 is 0. The molecule has 0 saturated heterocycles. The normalized spacial score (nSPS) is 13.1. The largest absolute Gasteiger partial charge is 0.496 e. The number of nitriles is 1. The van der Waals surface area contributed by atoms with Gasteiger partial charge in [0.2, 0.25) is 0 Å². The lowest BCUT2D eigenvalue weighted by molar-refractivity contribution is -0.386. The molecule has 0 radical (unpaired) electrons. The van der Waals surface area contributed by atoms with Gasteiger partial charge in [-0.25, -0.2) is 0 Å². The van der Waals surface area contributed by atoms with E-state index in [1.165, 1.54) is 19.2 Å². The van der Waals surface area contributed by atoms with Crippen LogP contribution < -0.4 is 14.8 Å². The third kappa shape index (κ3) is 3.83. The van der Waals surface area contributed by atoms with Gasteiger partial charge in [-0.05, 0) is 25.6 Å². The maximum atomic E-state index is 11.0. The molecule has 7 nitrogen and oxygen atoms in total. The molecule has 0 fully saturated rings. The maximum Gasteiger partial charge on any atom is 0.314 e. The summed E-state index contributed by atoms with van der Waals surface area (Å²) < 4.78 is 10.4. The molecule has 1 aromatic carbocycles. The van der Waals surface area contributed by atoms with Crippen molar-refractivity contribution in [2.75, 3.05) is 20.3 Å². The fraction of sp³-hybridized carbons (Fsp3) is 0.462. The number of hydrogen-bond acceptors (Lipinski definition) is 6. The third-order valence-electron chi connectivity index (χ3n) is 2.69. The number of ether oxygens (including phenoxy) is 2. The average molecular weight is 279 g/mol. The smallest absolute Gasteiger partial charge is 0.314 e. The summed E-state index contributed by atoms with van der Waals surface area (Å²) in [6.07, 6.45) is 0. The highest BCUT2D eigenvalue weighted by atomic mass is 16.6. The molecule has 0 aliphatic heterocycles. The van der Waals surface area contributed by atoms with Crippen LogP contribution in [0.4, 0.5) is 5.69 Å². The Labute approximate surface area is 117 Å². The van der Waals surface area contributed by atoms with Crippen molar-refractivity contribution < 1.29 is 14.4 Å². The van der Waals surface area contributed by atoms with E-state index in [2.05, 4.69) is 11.4 Å². The van der Waals surface area contributed by atoms with Crippen LogP contribution in [0.1, 0.15) is 13.8 Å². The van der Waals surface area contributed by atoms with Gasteiger partial charge in [0.1, 0.15) is 17.9 Å². The van der Waals surface area contributed by atoms with Crippen LogP contribution >= 0.6 is 0 Å². The molecule has 0 spiro atoms. The molecule has 20 heavy (non-hydrogen) atoms. The first-order valence-electron chi connectivity index (χ1n) is 6.07. The Kier molecular flexibility index (Phi) is 5.29. The van der Waals surface area contributed by atoms with Gasteiger partial charge in [-0.15, -0.1) is 0 Å². The molecule has 0 amide bonds. The molecule has 1 atom stereocenters. The molecule has 1 unspecified atom stereocenters. The second-order valence-electron chi connectivity index (χ2n) is 4.35. The standard InChI is InChI=1S/C13H17N3O4/c1-4-15-13(2,8-14)9-20-12-6-5-10(19-3)7-11(12)16(17)18/h5-7,15H,4,9H2,1-3H3. The molecule has 1 aromatic rings. The van der Waals surface area contributed by atoms with Gasteiger partial charge in [-0.1, -0.05) is 6.92 Å². The Balaban J connectivity index is 2.93. The first-order valence-corrected chi connectivity index (χ1v) is 6.07. The van der Waals surface area contributed by atoms with Crippen LogP contribution in [0.2, 0.25) is 0 Å². The van der Waals surface area contributed by atoms with Crippen molar-refractivity contribution >= 4 is 5.69 Å². The first kappa shape index (κ1) is 15.7. The number of benzene rings is 1. The zero-order valence-corrected chi connectivity index (χ0v) is 11.7. The molecule has 0 bridgehead atoms. The van der Waals surface area contributed by atoms with Crippen molar-refractivity contribution in [1.82, 2.24) is 5.32 Å². The van der Waals surface area contributed by atoms with Crippen molar-refractivity contribution in [1.29, 1.82) is 5.26 Å².